The molecule has 0 aliphatic heterocycles. The largest absolute Gasteiger partial charge is 0.465 e. The summed E-state index contributed by atoms with van der Waals surface area (Å²) < 4.78 is 6.29. The van der Waals surface area contributed by atoms with Crippen LogP contribution in [-0.2, 0) is 10.3 Å². The minimum Gasteiger partial charge on any atom is -0.465 e. The fourth-order valence-electron chi connectivity index (χ4n) is 2.72. The van der Waals surface area contributed by atoms with Crippen LogP contribution >= 0.6 is 11.3 Å². The van der Waals surface area contributed by atoms with Crippen LogP contribution in [0, 0.1) is 0 Å². The summed E-state index contributed by atoms with van der Waals surface area (Å²) in [7, 11) is 1.35. The van der Waals surface area contributed by atoms with E-state index in [1.165, 1.54) is 23.1 Å². The molecule has 0 bridgehead atoms. The molecular weight excluding hydrogens is 290 g/mol. The van der Waals surface area contributed by atoms with Crippen molar-refractivity contribution in [3.05, 3.63) is 28.2 Å². The lowest BCUT2D eigenvalue weighted by Crippen LogP contribution is -2.28. The highest BCUT2D eigenvalue weighted by atomic mass is 32.1. The van der Waals surface area contributed by atoms with Crippen molar-refractivity contribution in [1.29, 1.82) is 0 Å². The molecule has 1 saturated carbocycles. The van der Waals surface area contributed by atoms with Crippen molar-refractivity contribution in [2.45, 2.75) is 37.7 Å². The minimum atomic E-state index is -0.891. The molecule has 2 aromatic heterocycles. The van der Waals surface area contributed by atoms with E-state index in [1.807, 2.05) is 0 Å². The predicted octanol–water partition coefficient (Wildman–Crippen LogP) is 2.27. The summed E-state index contributed by atoms with van der Waals surface area (Å²) in [4.78, 5) is 12.2. The number of esters is 1. The summed E-state index contributed by atoms with van der Waals surface area (Å²) in [6, 6.07) is 1.79. The van der Waals surface area contributed by atoms with E-state index >= 15 is 0 Å². The lowest BCUT2D eigenvalue weighted by atomic mass is 9.83. The lowest BCUT2D eigenvalue weighted by Gasteiger charge is -2.29. The summed E-state index contributed by atoms with van der Waals surface area (Å²) in [5.41, 5.74) is 0.312. The smallest absolute Gasteiger partial charge is 0.350 e. The van der Waals surface area contributed by atoms with Crippen molar-refractivity contribution >= 4 is 17.3 Å². The van der Waals surface area contributed by atoms with Gasteiger partial charge in [-0.25, -0.2) is 9.48 Å². The zero-order valence-electron chi connectivity index (χ0n) is 11.8. The van der Waals surface area contributed by atoms with Gasteiger partial charge in [-0.05, 0) is 24.3 Å². The normalized spacial score (nSPS) is 17.6. The first-order valence-electron chi connectivity index (χ1n) is 6.95. The Morgan fingerprint density at radius 1 is 1.43 bits per heavy atom. The molecule has 21 heavy (non-hydrogen) atoms. The van der Waals surface area contributed by atoms with Gasteiger partial charge in [-0.15, -0.1) is 16.4 Å². The number of hydrogen-bond donors (Lipinski definition) is 1. The van der Waals surface area contributed by atoms with Gasteiger partial charge in [0.05, 0.1) is 19.0 Å². The number of nitrogens with zero attached hydrogens (tertiary/aromatic N) is 3. The van der Waals surface area contributed by atoms with Crippen LogP contribution in [0.1, 0.15) is 47.5 Å². The van der Waals surface area contributed by atoms with Gasteiger partial charge in [0.1, 0.15) is 16.2 Å². The molecule has 1 N–H and O–H groups in total. The van der Waals surface area contributed by atoms with Gasteiger partial charge in [0.2, 0.25) is 0 Å². The Morgan fingerprint density at radius 2 is 2.19 bits per heavy atom. The minimum absolute atomic E-state index is 0.395. The molecule has 0 spiro atoms. The predicted molar refractivity (Wildman–Crippen MR) is 77.6 cm³/mol. The highest BCUT2D eigenvalue weighted by molar-refractivity contribution is 7.12. The third-order valence-electron chi connectivity index (χ3n) is 3.91. The lowest BCUT2D eigenvalue weighted by molar-refractivity contribution is -0.00472. The summed E-state index contributed by atoms with van der Waals surface area (Å²) >= 11 is 1.30. The van der Waals surface area contributed by atoms with E-state index in [9.17, 15) is 9.90 Å². The molecule has 0 radical (unpaired) electrons. The van der Waals surface area contributed by atoms with Gasteiger partial charge in [0.25, 0.3) is 0 Å². The van der Waals surface area contributed by atoms with Gasteiger partial charge in [0, 0.05) is 0 Å². The van der Waals surface area contributed by atoms with Crippen LogP contribution in [0.5, 0.6) is 0 Å². The maximum Gasteiger partial charge on any atom is 0.350 e. The van der Waals surface area contributed by atoms with E-state index < -0.39 is 11.6 Å². The molecular formula is C14H17N3O3S. The van der Waals surface area contributed by atoms with Crippen LogP contribution in [0.2, 0.25) is 0 Å². The number of aromatic nitrogens is 3. The average Bonchev–Trinajstić information content (AvgIpc) is 3.16. The Bertz CT molecular complexity index is 643. The van der Waals surface area contributed by atoms with Gasteiger partial charge in [-0.3, -0.25) is 0 Å². The Kier molecular flexibility index (Phi) is 3.77. The number of hydrogen-bond acceptors (Lipinski definition) is 6. The van der Waals surface area contributed by atoms with Crippen molar-refractivity contribution in [2.24, 2.45) is 0 Å². The Balaban J connectivity index is 1.92. The Labute approximate surface area is 126 Å². The van der Waals surface area contributed by atoms with Crippen LogP contribution in [0.25, 0.3) is 5.69 Å². The van der Waals surface area contributed by atoms with E-state index in [0.717, 1.165) is 19.3 Å². The fraction of sp³-hybridized carbons (Fsp3) is 0.500. The third kappa shape index (κ3) is 2.58. The van der Waals surface area contributed by atoms with Gasteiger partial charge < -0.3 is 9.84 Å². The zero-order valence-corrected chi connectivity index (χ0v) is 12.6. The Morgan fingerprint density at radius 3 is 2.90 bits per heavy atom. The van der Waals surface area contributed by atoms with E-state index in [-0.39, 0.29) is 0 Å². The summed E-state index contributed by atoms with van der Waals surface area (Å²) in [5.74, 6) is -0.395. The second kappa shape index (κ2) is 5.57. The van der Waals surface area contributed by atoms with Gasteiger partial charge in [-0.1, -0.05) is 24.5 Å². The average molecular weight is 307 g/mol. The molecule has 7 heteroatoms. The number of carbonyl (C=O) groups excluding carboxylic acids is 1. The van der Waals surface area contributed by atoms with E-state index in [2.05, 4.69) is 10.3 Å². The van der Waals surface area contributed by atoms with Crippen molar-refractivity contribution in [1.82, 2.24) is 15.0 Å². The molecule has 1 fully saturated rings. The topological polar surface area (TPSA) is 77.2 Å². The van der Waals surface area contributed by atoms with Crippen molar-refractivity contribution < 1.29 is 14.6 Å². The summed E-state index contributed by atoms with van der Waals surface area (Å²) in [5, 5.41) is 20.6. The number of thiophene rings is 1. The van der Waals surface area contributed by atoms with Crippen molar-refractivity contribution in [2.75, 3.05) is 7.11 Å². The summed E-state index contributed by atoms with van der Waals surface area (Å²) in [6.45, 7) is 0. The van der Waals surface area contributed by atoms with E-state index in [1.54, 1.807) is 17.6 Å². The van der Waals surface area contributed by atoms with Crippen LogP contribution in [-0.4, -0.2) is 33.2 Å². The maximum atomic E-state index is 11.7. The number of methoxy groups -OCH3 is 1. The highest BCUT2D eigenvalue weighted by Crippen LogP contribution is 2.36. The number of rotatable bonds is 3. The molecule has 0 atom stereocenters. The molecule has 0 aromatic carbocycles. The first-order valence-corrected chi connectivity index (χ1v) is 7.83. The maximum absolute atomic E-state index is 11.7. The van der Waals surface area contributed by atoms with Gasteiger partial charge in [0.15, 0.2) is 0 Å². The number of carbonyl (C=O) groups is 1. The van der Waals surface area contributed by atoms with Gasteiger partial charge >= 0.3 is 5.97 Å². The fourth-order valence-corrected chi connectivity index (χ4v) is 3.51. The van der Waals surface area contributed by atoms with E-state index in [0.29, 0.717) is 29.1 Å². The van der Waals surface area contributed by atoms with Gasteiger partial charge in [-0.2, -0.15) is 0 Å². The summed E-state index contributed by atoms with van der Waals surface area (Å²) in [6.07, 6.45) is 6.26. The number of ether oxygens (including phenoxy) is 1. The molecule has 0 unspecified atom stereocenters. The zero-order chi connectivity index (χ0) is 14.9. The Hall–Kier alpha value is -1.73. The van der Waals surface area contributed by atoms with E-state index in [4.69, 9.17) is 4.74 Å². The highest BCUT2D eigenvalue weighted by Gasteiger charge is 2.34. The van der Waals surface area contributed by atoms with Crippen LogP contribution in [0.4, 0.5) is 0 Å². The molecule has 112 valence electrons. The quantitative estimate of drug-likeness (QED) is 0.880. The van der Waals surface area contributed by atoms with Crippen molar-refractivity contribution in [3.63, 3.8) is 0 Å². The second-order valence-corrected chi connectivity index (χ2v) is 6.18. The van der Waals surface area contributed by atoms with Crippen LogP contribution in [0.3, 0.4) is 0 Å². The molecule has 0 saturated heterocycles. The molecule has 3 rings (SSSR count). The molecule has 6 nitrogen and oxygen atoms in total. The monoisotopic (exact) mass is 307 g/mol. The molecule has 2 aromatic rings. The molecule has 1 aliphatic carbocycles. The van der Waals surface area contributed by atoms with Crippen LogP contribution in [0.15, 0.2) is 17.6 Å². The number of aliphatic hydroxyl groups is 1. The third-order valence-corrected chi connectivity index (χ3v) is 4.80. The first-order chi connectivity index (χ1) is 10.1. The van der Waals surface area contributed by atoms with Crippen molar-refractivity contribution in [3.8, 4) is 5.69 Å². The molecule has 1 aliphatic rings. The van der Waals surface area contributed by atoms with Crippen LogP contribution < -0.4 is 0 Å². The second-order valence-electron chi connectivity index (χ2n) is 5.27. The molecule has 2 heterocycles. The standard InChI is InChI=1S/C14H17N3O3S/c1-20-13(18)12-10(5-8-21-12)17-9-11(15-16-17)14(19)6-3-2-4-7-14/h5,8-9,19H,2-4,6-7H2,1H3. The SMILES string of the molecule is COC(=O)c1sccc1-n1cc(C2(O)CCCCC2)nn1. The first kappa shape index (κ1) is 14.2. The molecule has 0 amide bonds.